The predicted molar refractivity (Wildman–Crippen MR) is 94.3 cm³/mol. The highest BCUT2D eigenvalue weighted by atomic mass is 16.1. The second-order valence-corrected chi connectivity index (χ2v) is 5.83. The van der Waals surface area contributed by atoms with Crippen LogP contribution in [0.5, 0.6) is 0 Å². The smallest absolute Gasteiger partial charge is 0.221 e. The number of amides is 1. The number of benzene rings is 1. The van der Waals surface area contributed by atoms with Crippen LogP contribution in [-0.2, 0) is 4.79 Å². The molecule has 5 heteroatoms. The molecule has 23 heavy (non-hydrogen) atoms. The van der Waals surface area contributed by atoms with Crippen LogP contribution < -0.4 is 15.5 Å². The van der Waals surface area contributed by atoms with Gasteiger partial charge in [-0.15, -0.1) is 0 Å². The molecule has 0 radical (unpaired) electrons. The number of carbonyl (C=O) groups is 1. The quantitative estimate of drug-likeness (QED) is 0.902. The van der Waals surface area contributed by atoms with Gasteiger partial charge in [-0.2, -0.15) is 0 Å². The summed E-state index contributed by atoms with van der Waals surface area (Å²) in [5, 5.41) is 5.98. The van der Waals surface area contributed by atoms with Gasteiger partial charge in [-0.25, -0.2) is 4.98 Å². The number of nitrogens with one attached hydrogen (secondary N) is 2. The predicted octanol–water partition coefficient (Wildman–Crippen LogP) is 3.77. The molecule has 1 aromatic heterocycles. The van der Waals surface area contributed by atoms with Gasteiger partial charge in [-0.1, -0.05) is 0 Å². The highest BCUT2D eigenvalue weighted by molar-refractivity contribution is 5.88. The molecular weight excluding hydrogens is 288 g/mol. The van der Waals surface area contributed by atoms with E-state index in [4.69, 9.17) is 0 Å². The standard InChI is InChI=1S/C18H22N4O/c1-14(23)20-16-7-10-18(19-13-16)21-15-5-8-17(9-6-15)22-11-3-2-4-12-22/h5-10,13H,2-4,11-12H2,1H3,(H,19,21)(H,20,23). The van der Waals surface area contributed by atoms with Crippen LogP contribution in [0.2, 0.25) is 0 Å². The zero-order valence-electron chi connectivity index (χ0n) is 13.4. The van der Waals surface area contributed by atoms with Crippen LogP contribution >= 0.6 is 0 Å². The Morgan fingerprint density at radius 2 is 1.70 bits per heavy atom. The number of nitrogens with zero attached hydrogens (tertiary/aromatic N) is 2. The summed E-state index contributed by atoms with van der Waals surface area (Å²) >= 11 is 0. The molecule has 2 aromatic rings. The minimum atomic E-state index is -0.0965. The molecule has 2 N–H and O–H groups in total. The Balaban J connectivity index is 1.62. The lowest BCUT2D eigenvalue weighted by molar-refractivity contribution is -0.114. The van der Waals surface area contributed by atoms with Crippen molar-refractivity contribution in [2.24, 2.45) is 0 Å². The van der Waals surface area contributed by atoms with E-state index >= 15 is 0 Å². The molecule has 0 unspecified atom stereocenters. The molecule has 1 amide bonds. The van der Waals surface area contributed by atoms with E-state index in [0.717, 1.165) is 24.6 Å². The topological polar surface area (TPSA) is 57.3 Å². The maximum atomic E-state index is 11.0. The van der Waals surface area contributed by atoms with Gasteiger partial charge in [-0.05, 0) is 55.7 Å². The largest absolute Gasteiger partial charge is 0.372 e. The van der Waals surface area contributed by atoms with Crippen LogP contribution in [-0.4, -0.2) is 24.0 Å². The molecule has 0 atom stereocenters. The Hall–Kier alpha value is -2.56. The van der Waals surface area contributed by atoms with E-state index in [2.05, 4.69) is 44.8 Å². The molecule has 120 valence electrons. The summed E-state index contributed by atoms with van der Waals surface area (Å²) < 4.78 is 0. The van der Waals surface area contributed by atoms with Gasteiger partial charge in [0.05, 0.1) is 11.9 Å². The number of anilines is 4. The summed E-state index contributed by atoms with van der Waals surface area (Å²) in [4.78, 5) is 17.7. The van der Waals surface area contributed by atoms with Crippen LogP contribution in [0.25, 0.3) is 0 Å². The number of hydrogen-bond donors (Lipinski definition) is 2. The highest BCUT2D eigenvalue weighted by Crippen LogP contribution is 2.23. The first-order chi connectivity index (χ1) is 11.2. The second-order valence-electron chi connectivity index (χ2n) is 5.83. The summed E-state index contributed by atoms with van der Waals surface area (Å²) in [6.45, 7) is 3.79. The minimum Gasteiger partial charge on any atom is -0.372 e. The average Bonchev–Trinajstić information content (AvgIpc) is 2.58. The van der Waals surface area contributed by atoms with Gasteiger partial charge < -0.3 is 15.5 Å². The van der Waals surface area contributed by atoms with Crippen LogP contribution in [0.4, 0.5) is 22.9 Å². The van der Waals surface area contributed by atoms with Crippen molar-refractivity contribution in [1.29, 1.82) is 0 Å². The van der Waals surface area contributed by atoms with Gasteiger partial charge in [0.2, 0.25) is 5.91 Å². The second kappa shape index (κ2) is 7.13. The van der Waals surface area contributed by atoms with Crippen molar-refractivity contribution < 1.29 is 4.79 Å². The molecule has 5 nitrogen and oxygen atoms in total. The number of pyridine rings is 1. The number of piperidine rings is 1. The third-order valence-corrected chi connectivity index (χ3v) is 3.94. The van der Waals surface area contributed by atoms with E-state index in [-0.39, 0.29) is 5.91 Å². The summed E-state index contributed by atoms with van der Waals surface area (Å²) in [5.41, 5.74) is 2.98. The van der Waals surface area contributed by atoms with Crippen molar-refractivity contribution in [3.8, 4) is 0 Å². The number of carbonyl (C=O) groups excluding carboxylic acids is 1. The lowest BCUT2D eigenvalue weighted by Gasteiger charge is -2.28. The molecule has 1 aromatic carbocycles. The van der Waals surface area contributed by atoms with E-state index in [1.54, 1.807) is 6.20 Å². The van der Waals surface area contributed by atoms with E-state index in [0.29, 0.717) is 5.69 Å². The van der Waals surface area contributed by atoms with Gasteiger partial charge >= 0.3 is 0 Å². The highest BCUT2D eigenvalue weighted by Gasteiger charge is 2.10. The summed E-state index contributed by atoms with van der Waals surface area (Å²) in [7, 11) is 0. The van der Waals surface area contributed by atoms with Gasteiger partial charge in [0.25, 0.3) is 0 Å². The Bertz CT molecular complexity index is 646. The van der Waals surface area contributed by atoms with Crippen molar-refractivity contribution in [3.05, 3.63) is 42.6 Å². The Kier molecular flexibility index (Phi) is 4.76. The van der Waals surface area contributed by atoms with Crippen LogP contribution in [0.1, 0.15) is 26.2 Å². The van der Waals surface area contributed by atoms with E-state index in [9.17, 15) is 4.79 Å². The molecule has 1 fully saturated rings. The molecule has 0 saturated carbocycles. The van der Waals surface area contributed by atoms with E-state index in [1.807, 2.05) is 12.1 Å². The SMILES string of the molecule is CC(=O)Nc1ccc(Nc2ccc(N3CCCCC3)cc2)nc1. The molecule has 1 aliphatic rings. The summed E-state index contributed by atoms with van der Waals surface area (Å²) in [5.74, 6) is 0.658. The molecule has 0 bridgehead atoms. The van der Waals surface area contributed by atoms with Crippen LogP contribution in [0, 0.1) is 0 Å². The Morgan fingerprint density at radius 3 is 2.30 bits per heavy atom. The third-order valence-electron chi connectivity index (χ3n) is 3.94. The normalized spacial score (nSPS) is 14.4. The Labute approximate surface area is 136 Å². The van der Waals surface area contributed by atoms with E-state index in [1.165, 1.54) is 31.9 Å². The van der Waals surface area contributed by atoms with Crippen molar-refractivity contribution in [1.82, 2.24) is 4.98 Å². The third kappa shape index (κ3) is 4.22. The Morgan fingerprint density at radius 1 is 1.00 bits per heavy atom. The lowest BCUT2D eigenvalue weighted by Crippen LogP contribution is -2.29. The molecule has 2 heterocycles. The molecule has 0 aliphatic carbocycles. The van der Waals surface area contributed by atoms with Gasteiger partial charge in [0.15, 0.2) is 0 Å². The molecule has 3 rings (SSSR count). The van der Waals surface area contributed by atoms with Crippen LogP contribution in [0.3, 0.4) is 0 Å². The molecular formula is C18H22N4O. The first-order valence-electron chi connectivity index (χ1n) is 8.06. The lowest BCUT2D eigenvalue weighted by atomic mass is 10.1. The van der Waals surface area contributed by atoms with Crippen molar-refractivity contribution in [2.75, 3.05) is 28.6 Å². The fourth-order valence-electron chi connectivity index (χ4n) is 2.80. The maximum Gasteiger partial charge on any atom is 0.221 e. The zero-order chi connectivity index (χ0) is 16.1. The van der Waals surface area contributed by atoms with Gasteiger partial charge in [-0.3, -0.25) is 4.79 Å². The van der Waals surface area contributed by atoms with Crippen LogP contribution in [0.15, 0.2) is 42.6 Å². The minimum absolute atomic E-state index is 0.0965. The van der Waals surface area contributed by atoms with Crippen molar-refractivity contribution in [2.45, 2.75) is 26.2 Å². The van der Waals surface area contributed by atoms with E-state index < -0.39 is 0 Å². The first-order valence-corrected chi connectivity index (χ1v) is 8.06. The fraction of sp³-hybridized carbons (Fsp3) is 0.333. The molecule has 1 saturated heterocycles. The summed E-state index contributed by atoms with van der Waals surface area (Å²) in [6, 6.07) is 12.1. The maximum absolute atomic E-state index is 11.0. The van der Waals surface area contributed by atoms with Gasteiger partial charge in [0.1, 0.15) is 5.82 Å². The molecule has 0 spiro atoms. The fourth-order valence-corrected chi connectivity index (χ4v) is 2.80. The van der Waals surface area contributed by atoms with Crippen molar-refractivity contribution >= 4 is 28.8 Å². The zero-order valence-corrected chi connectivity index (χ0v) is 13.4. The van der Waals surface area contributed by atoms with Crippen molar-refractivity contribution in [3.63, 3.8) is 0 Å². The first kappa shape index (κ1) is 15.3. The number of rotatable bonds is 4. The number of hydrogen-bond acceptors (Lipinski definition) is 4. The van der Waals surface area contributed by atoms with Gasteiger partial charge in [0, 0.05) is 31.4 Å². The number of aromatic nitrogens is 1. The monoisotopic (exact) mass is 310 g/mol. The molecule has 1 aliphatic heterocycles. The average molecular weight is 310 g/mol. The summed E-state index contributed by atoms with van der Waals surface area (Å²) in [6.07, 6.45) is 5.55.